The van der Waals surface area contributed by atoms with Crippen LogP contribution in [0.4, 0.5) is 14.6 Å². The zero-order chi connectivity index (χ0) is 12.3. The molecule has 0 radical (unpaired) electrons. The van der Waals surface area contributed by atoms with Gasteiger partial charge in [0.15, 0.2) is 11.6 Å². The standard InChI is InChI=1S/C12H11F2N3/c1-2-16-12-7-15-6-11(17-12)8-3-4-9(13)10(14)5-8/h3-7H,2H2,1H3,(H,16,17). The number of rotatable bonds is 3. The average molecular weight is 235 g/mol. The largest absolute Gasteiger partial charge is 0.369 e. The average Bonchev–Trinajstić information content (AvgIpc) is 2.33. The van der Waals surface area contributed by atoms with Crippen LogP contribution in [0.1, 0.15) is 6.92 Å². The number of benzene rings is 1. The number of halogens is 2. The summed E-state index contributed by atoms with van der Waals surface area (Å²) in [5.41, 5.74) is 0.999. The van der Waals surface area contributed by atoms with Gasteiger partial charge in [0, 0.05) is 12.1 Å². The highest BCUT2D eigenvalue weighted by atomic mass is 19.2. The zero-order valence-electron chi connectivity index (χ0n) is 9.24. The molecule has 5 heteroatoms. The molecule has 0 bridgehead atoms. The molecule has 2 aromatic rings. The molecule has 0 aliphatic rings. The van der Waals surface area contributed by atoms with Gasteiger partial charge in [-0.05, 0) is 25.1 Å². The molecule has 0 aliphatic carbocycles. The van der Waals surface area contributed by atoms with Crippen LogP contribution in [-0.2, 0) is 0 Å². The van der Waals surface area contributed by atoms with E-state index < -0.39 is 11.6 Å². The molecule has 88 valence electrons. The van der Waals surface area contributed by atoms with E-state index in [-0.39, 0.29) is 0 Å². The van der Waals surface area contributed by atoms with Gasteiger partial charge in [0.2, 0.25) is 0 Å². The molecule has 1 heterocycles. The first kappa shape index (κ1) is 11.4. The topological polar surface area (TPSA) is 37.8 Å². The molecule has 0 atom stereocenters. The number of anilines is 1. The van der Waals surface area contributed by atoms with Gasteiger partial charge in [0.25, 0.3) is 0 Å². The van der Waals surface area contributed by atoms with Crippen molar-refractivity contribution in [2.45, 2.75) is 6.92 Å². The molecule has 0 fully saturated rings. The number of hydrogen-bond donors (Lipinski definition) is 1. The van der Waals surface area contributed by atoms with Gasteiger partial charge in [-0.15, -0.1) is 0 Å². The van der Waals surface area contributed by atoms with Gasteiger partial charge in [0.05, 0.1) is 18.1 Å². The third-order valence-corrected chi connectivity index (χ3v) is 2.21. The molecule has 3 nitrogen and oxygen atoms in total. The molecular formula is C12H11F2N3. The molecule has 2 rings (SSSR count). The highest BCUT2D eigenvalue weighted by Gasteiger charge is 2.06. The van der Waals surface area contributed by atoms with E-state index in [4.69, 9.17) is 0 Å². The van der Waals surface area contributed by atoms with E-state index in [1.54, 1.807) is 6.20 Å². The van der Waals surface area contributed by atoms with Crippen molar-refractivity contribution in [3.63, 3.8) is 0 Å². The fraction of sp³-hybridized carbons (Fsp3) is 0.167. The van der Waals surface area contributed by atoms with Crippen LogP contribution in [0, 0.1) is 11.6 Å². The van der Waals surface area contributed by atoms with E-state index in [9.17, 15) is 8.78 Å². The molecule has 17 heavy (non-hydrogen) atoms. The van der Waals surface area contributed by atoms with Crippen molar-refractivity contribution in [2.75, 3.05) is 11.9 Å². The molecular weight excluding hydrogens is 224 g/mol. The summed E-state index contributed by atoms with van der Waals surface area (Å²) < 4.78 is 25.9. The quantitative estimate of drug-likeness (QED) is 0.888. The molecule has 0 aliphatic heterocycles. The van der Waals surface area contributed by atoms with Gasteiger partial charge >= 0.3 is 0 Å². The third-order valence-electron chi connectivity index (χ3n) is 2.21. The van der Waals surface area contributed by atoms with Crippen molar-refractivity contribution in [3.05, 3.63) is 42.2 Å². The van der Waals surface area contributed by atoms with Crippen LogP contribution in [0.25, 0.3) is 11.3 Å². The first-order chi connectivity index (χ1) is 8.20. The second-order valence-electron chi connectivity index (χ2n) is 3.45. The Bertz CT molecular complexity index is 529. The van der Waals surface area contributed by atoms with E-state index >= 15 is 0 Å². The molecule has 0 amide bonds. The van der Waals surface area contributed by atoms with Crippen molar-refractivity contribution in [2.24, 2.45) is 0 Å². The van der Waals surface area contributed by atoms with Crippen LogP contribution in [0.3, 0.4) is 0 Å². The van der Waals surface area contributed by atoms with Gasteiger partial charge in [-0.25, -0.2) is 13.8 Å². The summed E-state index contributed by atoms with van der Waals surface area (Å²) in [6.07, 6.45) is 3.08. The molecule has 1 aromatic carbocycles. The summed E-state index contributed by atoms with van der Waals surface area (Å²) in [5.74, 6) is -1.16. The lowest BCUT2D eigenvalue weighted by molar-refractivity contribution is 0.509. The first-order valence-corrected chi connectivity index (χ1v) is 5.22. The fourth-order valence-electron chi connectivity index (χ4n) is 1.43. The van der Waals surface area contributed by atoms with E-state index in [1.807, 2.05) is 6.92 Å². The summed E-state index contributed by atoms with van der Waals surface area (Å²) >= 11 is 0. The summed E-state index contributed by atoms with van der Waals surface area (Å²) in [5, 5.41) is 3.00. The molecule has 1 aromatic heterocycles. The third kappa shape index (κ3) is 2.55. The van der Waals surface area contributed by atoms with Crippen LogP contribution < -0.4 is 5.32 Å². The van der Waals surface area contributed by atoms with Crippen LogP contribution in [-0.4, -0.2) is 16.5 Å². The Morgan fingerprint density at radius 2 is 2.00 bits per heavy atom. The van der Waals surface area contributed by atoms with Gasteiger partial charge < -0.3 is 5.32 Å². The monoisotopic (exact) mass is 235 g/mol. The van der Waals surface area contributed by atoms with Crippen molar-refractivity contribution in [1.82, 2.24) is 9.97 Å². The Hall–Kier alpha value is -2.04. The van der Waals surface area contributed by atoms with Gasteiger partial charge in [-0.3, -0.25) is 4.98 Å². The highest BCUT2D eigenvalue weighted by molar-refractivity contribution is 5.59. The molecule has 1 N–H and O–H groups in total. The van der Waals surface area contributed by atoms with Gasteiger partial charge in [-0.1, -0.05) is 0 Å². The Kier molecular flexibility index (Phi) is 3.27. The minimum atomic E-state index is -0.891. The normalized spacial score (nSPS) is 10.3. The lowest BCUT2D eigenvalue weighted by atomic mass is 10.1. The first-order valence-electron chi connectivity index (χ1n) is 5.22. The molecule has 0 saturated carbocycles. The van der Waals surface area contributed by atoms with Gasteiger partial charge in [-0.2, -0.15) is 0 Å². The lowest BCUT2D eigenvalue weighted by Crippen LogP contribution is -2.00. The van der Waals surface area contributed by atoms with E-state index in [0.717, 1.165) is 18.7 Å². The maximum Gasteiger partial charge on any atom is 0.159 e. The molecule has 0 spiro atoms. The highest BCUT2D eigenvalue weighted by Crippen LogP contribution is 2.19. The van der Waals surface area contributed by atoms with Crippen molar-refractivity contribution in [3.8, 4) is 11.3 Å². The molecule has 0 unspecified atom stereocenters. The smallest absolute Gasteiger partial charge is 0.159 e. The van der Waals surface area contributed by atoms with E-state index in [0.29, 0.717) is 17.1 Å². The minimum absolute atomic E-state index is 0.496. The SMILES string of the molecule is CCNc1cncc(-c2ccc(F)c(F)c2)n1. The predicted octanol–water partition coefficient (Wildman–Crippen LogP) is 2.85. The summed E-state index contributed by atoms with van der Waals surface area (Å²) in [6.45, 7) is 2.65. The Morgan fingerprint density at radius 1 is 1.18 bits per heavy atom. The second-order valence-corrected chi connectivity index (χ2v) is 3.45. The maximum atomic E-state index is 13.1. The van der Waals surface area contributed by atoms with Crippen LogP contribution >= 0.6 is 0 Å². The number of nitrogens with one attached hydrogen (secondary N) is 1. The molecule has 0 saturated heterocycles. The summed E-state index contributed by atoms with van der Waals surface area (Å²) in [7, 11) is 0. The Morgan fingerprint density at radius 3 is 2.71 bits per heavy atom. The fourth-order valence-corrected chi connectivity index (χ4v) is 1.43. The summed E-state index contributed by atoms with van der Waals surface area (Å²) in [4.78, 5) is 8.23. The van der Waals surface area contributed by atoms with Crippen molar-refractivity contribution >= 4 is 5.82 Å². The van der Waals surface area contributed by atoms with Crippen LogP contribution in [0.2, 0.25) is 0 Å². The Labute approximate surface area is 97.5 Å². The number of hydrogen-bond acceptors (Lipinski definition) is 3. The van der Waals surface area contributed by atoms with E-state index in [2.05, 4.69) is 15.3 Å². The van der Waals surface area contributed by atoms with Crippen molar-refractivity contribution < 1.29 is 8.78 Å². The van der Waals surface area contributed by atoms with Crippen LogP contribution in [0.15, 0.2) is 30.6 Å². The second kappa shape index (κ2) is 4.86. The predicted molar refractivity (Wildman–Crippen MR) is 61.5 cm³/mol. The van der Waals surface area contributed by atoms with Crippen LogP contribution in [0.5, 0.6) is 0 Å². The van der Waals surface area contributed by atoms with Crippen molar-refractivity contribution in [1.29, 1.82) is 0 Å². The number of aromatic nitrogens is 2. The zero-order valence-corrected chi connectivity index (χ0v) is 9.24. The summed E-state index contributed by atoms with van der Waals surface area (Å²) in [6, 6.07) is 3.65. The number of nitrogens with zero attached hydrogens (tertiary/aromatic N) is 2. The Balaban J connectivity index is 2.38. The van der Waals surface area contributed by atoms with Gasteiger partial charge in [0.1, 0.15) is 5.82 Å². The lowest BCUT2D eigenvalue weighted by Gasteiger charge is -2.05. The minimum Gasteiger partial charge on any atom is -0.369 e. The maximum absolute atomic E-state index is 13.1. The van der Waals surface area contributed by atoms with E-state index in [1.165, 1.54) is 12.3 Å².